The average molecular weight is 361 g/mol. The molecule has 2 amide bonds. The predicted octanol–water partition coefficient (Wildman–Crippen LogP) is 2.88. The van der Waals surface area contributed by atoms with Gasteiger partial charge in [-0.05, 0) is 32.9 Å². The summed E-state index contributed by atoms with van der Waals surface area (Å²) in [5.74, 6) is 0.478. The Balaban J connectivity index is 1.81. The van der Waals surface area contributed by atoms with Crippen molar-refractivity contribution in [3.63, 3.8) is 0 Å². The Bertz CT molecular complexity index is 788. The standard InChI is InChI=1S/C17H19N3O4S/c1-10-7-15(20-24-10)19-17(23)12(3)25-9-16(22)18-14-6-4-5-13(8-14)11(2)21/h4-8,12H,9H2,1-3H3,(H,18,22)(H,19,20,23)/t12-/m1/s1. The van der Waals surface area contributed by atoms with E-state index in [0.717, 1.165) is 0 Å². The summed E-state index contributed by atoms with van der Waals surface area (Å²) in [5, 5.41) is 8.59. The van der Waals surface area contributed by atoms with Crippen LogP contribution < -0.4 is 10.6 Å². The molecule has 1 aromatic carbocycles. The Morgan fingerprint density at radius 3 is 2.64 bits per heavy atom. The third-order valence-electron chi connectivity index (χ3n) is 3.27. The first-order valence-corrected chi connectivity index (χ1v) is 8.66. The van der Waals surface area contributed by atoms with Crippen LogP contribution in [0.5, 0.6) is 0 Å². The largest absolute Gasteiger partial charge is 0.360 e. The highest BCUT2D eigenvalue weighted by atomic mass is 32.2. The van der Waals surface area contributed by atoms with E-state index in [1.807, 2.05) is 0 Å². The van der Waals surface area contributed by atoms with Crippen molar-refractivity contribution in [2.24, 2.45) is 0 Å². The summed E-state index contributed by atoms with van der Waals surface area (Å²) >= 11 is 1.20. The van der Waals surface area contributed by atoms with Crippen LogP contribution in [0.15, 0.2) is 34.9 Å². The SMILES string of the molecule is CC(=O)c1cccc(NC(=O)CS[C@H](C)C(=O)Nc2cc(C)on2)c1. The lowest BCUT2D eigenvalue weighted by molar-refractivity contribution is -0.115. The van der Waals surface area contributed by atoms with Crippen LogP contribution in [0.3, 0.4) is 0 Å². The molecule has 0 aliphatic rings. The average Bonchev–Trinajstić information content (AvgIpc) is 2.97. The van der Waals surface area contributed by atoms with E-state index in [2.05, 4.69) is 15.8 Å². The molecule has 25 heavy (non-hydrogen) atoms. The molecule has 2 N–H and O–H groups in total. The maximum atomic E-state index is 12.0. The molecule has 7 nitrogen and oxygen atoms in total. The van der Waals surface area contributed by atoms with Crippen molar-refractivity contribution in [2.45, 2.75) is 26.0 Å². The van der Waals surface area contributed by atoms with Gasteiger partial charge in [-0.2, -0.15) is 0 Å². The van der Waals surface area contributed by atoms with Crippen LogP contribution in [0.25, 0.3) is 0 Å². The molecule has 0 aliphatic carbocycles. The highest BCUT2D eigenvalue weighted by Gasteiger charge is 2.17. The van der Waals surface area contributed by atoms with Gasteiger partial charge >= 0.3 is 0 Å². The van der Waals surface area contributed by atoms with Gasteiger partial charge in [0.15, 0.2) is 11.6 Å². The van der Waals surface area contributed by atoms with Crippen molar-refractivity contribution in [1.82, 2.24) is 5.16 Å². The molecule has 8 heteroatoms. The smallest absolute Gasteiger partial charge is 0.238 e. The number of nitrogens with one attached hydrogen (secondary N) is 2. The number of hydrogen-bond donors (Lipinski definition) is 2. The van der Waals surface area contributed by atoms with Crippen LogP contribution in [-0.4, -0.2) is 33.8 Å². The number of Topliss-reactive ketones (excluding diaryl/α,β-unsaturated/α-hetero) is 1. The number of benzene rings is 1. The van der Waals surface area contributed by atoms with Gasteiger partial charge < -0.3 is 15.2 Å². The first-order valence-electron chi connectivity index (χ1n) is 7.62. The van der Waals surface area contributed by atoms with Gasteiger partial charge in [-0.1, -0.05) is 17.3 Å². The van der Waals surface area contributed by atoms with Gasteiger partial charge in [0.2, 0.25) is 11.8 Å². The topological polar surface area (TPSA) is 101 Å². The zero-order chi connectivity index (χ0) is 18.4. The van der Waals surface area contributed by atoms with E-state index in [9.17, 15) is 14.4 Å². The zero-order valence-corrected chi connectivity index (χ0v) is 15.0. The number of aromatic nitrogens is 1. The first-order chi connectivity index (χ1) is 11.8. The van der Waals surface area contributed by atoms with E-state index in [4.69, 9.17) is 4.52 Å². The summed E-state index contributed by atoms with van der Waals surface area (Å²) < 4.78 is 4.88. The predicted molar refractivity (Wildman–Crippen MR) is 96.9 cm³/mol. The van der Waals surface area contributed by atoms with Crippen molar-refractivity contribution >= 4 is 40.9 Å². The van der Waals surface area contributed by atoms with E-state index in [0.29, 0.717) is 22.8 Å². The molecule has 0 unspecified atom stereocenters. The Morgan fingerprint density at radius 1 is 1.24 bits per heavy atom. The molecule has 1 heterocycles. The molecule has 0 radical (unpaired) electrons. The van der Waals surface area contributed by atoms with Crippen LogP contribution in [0.4, 0.5) is 11.5 Å². The first kappa shape index (κ1) is 18.7. The van der Waals surface area contributed by atoms with Crippen LogP contribution in [0.1, 0.15) is 30.0 Å². The molecule has 2 aromatic rings. The molecule has 0 aliphatic heterocycles. The van der Waals surface area contributed by atoms with E-state index >= 15 is 0 Å². The number of amides is 2. The lowest BCUT2D eigenvalue weighted by Crippen LogP contribution is -2.25. The number of hydrogen-bond acceptors (Lipinski definition) is 6. The zero-order valence-electron chi connectivity index (χ0n) is 14.2. The molecule has 0 saturated carbocycles. The fourth-order valence-corrected chi connectivity index (χ4v) is 2.63. The highest BCUT2D eigenvalue weighted by Crippen LogP contribution is 2.16. The monoisotopic (exact) mass is 361 g/mol. The summed E-state index contributed by atoms with van der Waals surface area (Å²) in [4.78, 5) is 35.4. The summed E-state index contributed by atoms with van der Waals surface area (Å²) in [6.45, 7) is 4.90. The third-order valence-corrected chi connectivity index (χ3v) is 4.41. The van der Waals surface area contributed by atoms with Gasteiger partial charge in [-0.25, -0.2) is 0 Å². The van der Waals surface area contributed by atoms with Gasteiger partial charge in [0, 0.05) is 17.3 Å². The van der Waals surface area contributed by atoms with Crippen molar-refractivity contribution in [3.05, 3.63) is 41.7 Å². The Kier molecular flexibility index (Phi) is 6.35. The fraction of sp³-hybridized carbons (Fsp3) is 0.294. The van der Waals surface area contributed by atoms with Gasteiger partial charge in [-0.15, -0.1) is 11.8 Å². The normalized spacial score (nSPS) is 11.6. The van der Waals surface area contributed by atoms with Crippen molar-refractivity contribution in [1.29, 1.82) is 0 Å². The molecular weight excluding hydrogens is 342 g/mol. The summed E-state index contributed by atoms with van der Waals surface area (Å²) in [6, 6.07) is 8.33. The maximum absolute atomic E-state index is 12.0. The maximum Gasteiger partial charge on any atom is 0.238 e. The Morgan fingerprint density at radius 2 is 2.00 bits per heavy atom. The van der Waals surface area contributed by atoms with Gasteiger partial charge in [0.25, 0.3) is 0 Å². The second-order valence-corrected chi connectivity index (χ2v) is 6.78. The minimum atomic E-state index is -0.439. The number of thioether (sulfide) groups is 1. The van der Waals surface area contributed by atoms with Crippen molar-refractivity contribution in [3.8, 4) is 0 Å². The van der Waals surface area contributed by atoms with E-state index in [1.54, 1.807) is 44.2 Å². The van der Waals surface area contributed by atoms with Gasteiger partial charge in [-0.3, -0.25) is 14.4 Å². The van der Waals surface area contributed by atoms with Gasteiger partial charge in [0.05, 0.1) is 11.0 Å². The van der Waals surface area contributed by atoms with Crippen LogP contribution in [-0.2, 0) is 9.59 Å². The molecule has 0 saturated heterocycles. The molecule has 0 fully saturated rings. The van der Waals surface area contributed by atoms with E-state index in [-0.39, 0.29) is 23.4 Å². The second-order valence-electron chi connectivity index (χ2n) is 5.45. The quantitative estimate of drug-likeness (QED) is 0.735. The lowest BCUT2D eigenvalue weighted by atomic mass is 10.1. The number of nitrogens with zero attached hydrogens (tertiary/aromatic N) is 1. The second kappa shape index (κ2) is 8.48. The van der Waals surface area contributed by atoms with Crippen molar-refractivity contribution < 1.29 is 18.9 Å². The van der Waals surface area contributed by atoms with Gasteiger partial charge in [0.1, 0.15) is 5.76 Å². The molecule has 0 spiro atoms. The third kappa shape index (κ3) is 5.75. The minimum absolute atomic E-state index is 0.0705. The number of aryl methyl sites for hydroxylation is 1. The Labute approximate surface area is 149 Å². The number of anilines is 2. The number of carbonyl (C=O) groups excluding carboxylic acids is 3. The lowest BCUT2D eigenvalue weighted by Gasteiger charge is -2.11. The minimum Gasteiger partial charge on any atom is -0.360 e. The Hall–Kier alpha value is -2.61. The highest BCUT2D eigenvalue weighted by molar-refractivity contribution is 8.01. The molecule has 0 bridgehead atoms. The fourth-order valence-electron chi connectivity index (χ4n) is 1.94. The number of ketones is 1. The molecule has 1 atom stereocenters. The molecule has 132 valence electrons. The molecule has 2 rings (SSSR count). The summed E-state index contributed by atoms with van der Waals surface area (Å²) in [7, 11) is 0. The van der Waals surface area contributed by atoms with Crippen LogP contribution in [0, 0.1) is 6.92 Å². The van der Waals surface area contributed by atoms with Crippen molar-refractivity contribution in [2.75, 3.05) is 16.4 Å². The van der Waals surface area contributed by atoms with Crippen LogP contribution >= 0.6 is 11.8 Å². The molecular formula is C17H19N3O4S. The van der Waals surface area contributed by atoms with E-state index < -0.39 is 5.25 Å². The van der Waals surface area contributed by atoms with E-state index in [1.165, 1.54) is 18.7 Å². The molecule has 1 aromatic heterocycles. The van der Waals surface area contributed by atoms with Crippen LogP contribution in [0.2, 0.25) is 0 Å². The summed E-state index contributed by atoms with van der Waals surface area (Å²) in [5.41, 5.74) is 1.08. The number of rotatable bonds is 7. The summed E-state index contributed by atoms with van der Waals surface area (Å²) in [6.07, 6.45) is 0. The number of carbonyl (C=O) groups is 3.